The summed E-state index contributed by atoms with van der Waals surface area (Å²) in [7, 11) is 0. The van der Waals surface area contributed by atoms with E-state index in [0.29, 0.717) is 6.42 Å². The quantitative estimate of drug-likeness (QED) is 0.400. The second kappa shape index (κ2) is 13.0. The van der Waals surface area contributed by atoms with Gasteiger partial charge in [-0.2, -0.15) is 0 Å². The van der Waals surface area contributed by atoms with Gasteiger partial charge in [0.2, 0.25) is 0 Å². The molecular formula is C17H24O2. The Bertz CT molecular complexity index is 374. The molecule has 0 saturated heterocycles. The molecule has 2 heteroatoms. The highest BCUT2D eigenvalue weighted by Crippen LogP contribution is 2.06. The summed E-state index contributed by atoms with van der Waals surface area (Å²) in [5, 5.41) is 18.8. The molecule has 2 nitrogen and oxygen atoms in total. The van der Waals surface area contributed by atoms with Crippen molar-refractivity contribution in [3.05, 3.63) is 24.8 Å². The van der Waals surface area contributed by atoms with Crippen LogP contribution in [0.25, 0.3) is 0 Å². The number of hydrogen-bond donors (Lipinski definition) is 2. The average Bonchev–Trinajstić information content (AvgIpc) is 2.42. The second-order valence-electron chi connectivity index (χ2n) is 4.32. The Labute approximate surface area is 117 Å². The minimum absolute atomic E-state index is 0.438. The van der Waals surface area contributed by atoms with Crippen LogP contribution in [0.2, 0.25) is 0 Å². The van der Waals surface area contributed by atoms with Crippen molar-refractivity contribution in [2.45, 2.75) is 57.7 Å². The van der Waals surface area contributed by atoms with Gasteiger partial charge in [-0.25, -0.2) is 0 Å². The molecule has 0 aromatic heterocycles. The van der Waals surface area contributed by atoms with Gasteiger partial charge in [-0.1, -0.05) is 37.7 Å². The molecule has 0 radical (unpaired) electrons. The van der Waals surface area contributed by atoms with Crippen LogP contribution in [0.3, 0.4) is 0 Å². The molecule has 2 atom stereocenters. The van der Waals surface area contributed by atoms with Gasteiger partial charge in [-0.15, -0.1) is 6.58 Å². The number of hydrogen-bond acceptors (Lipinski definition) is 2. The molecule has 104 valence electrons. The molecule has 0 aromatic rings. The van der Waals surface area contributed by atoms with Crippen molar-refractivity contribution in [3.8, 4) is 23.7 Å². The van der Waals surface area contributed by atoms with Crippen LogP contribution in [0.15, 0.2) is 24.8 Å². The fourth-order valence-electron chi connectivity index (χ4n) is 1.37. The Kier molecular flexibility index (Phi) is 12.0. The van der Waals surface area contributed by atoms with Gasteiger partial charge in [-0.05, 0) is 49.7 Å². The fraction of sp³-hybridized carbons (Fsp3) is 0.529. The van der Waals surface area contributed by atoms with Crippen molar-refractivity contribution < 1.29 is 10.2 Å². The highest BCUT2D eigenvalue weighted by Gasteiger charge is 1.97. The summed E-state index contributed by atoms with van der Waals surface area (Å²) in [6.07, 6.45) is 9.84. The van der Waals surface area contributed by atoms with Gasteiger partial charge in [0, 0.05) is 0 Å². The molecule has 0 heterocycles. The van der Waals surface area contributed by atoms with Crippen LogP contribution in [-0.4, -0.2) is 22.4 Å². The van der Waals surface area contributed by atoms with Crippen LogP contribution in [-0.2, 0) is 0 Å². The van der Waals surface area contributed by atoms with Crippen LogP contribution in [0, 0.1) is 23.7 Å². The first-order valence-corrected chi connectivity index (χ1v) is 6.85. The van der Waals surface area contributed by atoms with Crippen LogP contribution in [0.1, 0.15) is 45.4 Å². The van der Waals surface area contributed by atoms with Crippen molar-refractivity contribution >= 4 is 0 Å². The summed E-state index contributed by atoms with van der Waals surface area (Å²) < 4.78 is 0. The Morgan fingerprint density at radius 2 is 1.95 bits per heavy atom. The van der Waals surface area contributed by atoms with E-state index < -0.39 is 12.2 Å². The molecule has 0 aliphatic rings. The van der Waals surface area contributed by atoms with Crippen molar-refractivity contribution in [2.75, 3.05) is 0 Å². The Balaban J connectivity index is 3.77. The summed E-state index contributed by atoms with van der Waals surface area (Å²) in [4.78, 5) is 0. The first-order chi connectivity index (χ1) is 9.20. The van der Waals surface area contributed by atoms with Gasteiger partial charge in [0.05, 0.1) is 6.10 Å². The number of aliphatic hydroxyl groups excluding tert-OH is 2. The predicted molar refractivity (Wildman–Crippen MR) is 80.3 cm³/mol. The molecule has 0 unspecified atom stereocenters. The summed E-state index contributed by atoms with van der Waals surface area (Å²) in [6.45, 7) is 5.53. The van der Waals surface area contributed by atoms with Crippen LogP contribution in [0.4, 0.5) is 0 Å². The van der Waals surface area contributed by atoms with Gasteiger partial charge in [0.15, 0.2) is 0 Å². The molecule has 19 heavy (non-hydrogen) atoms. The van der Waals surface area contributed by atoms with E-state index in [1.807, 2.05) is 13.0 Å². The molecule has 0 fully saturated rings. The lowest BCUT2D eigenvalue weighted by Gasteiger charge is -2.03. The monoisotopic (exact) mass is 260 g/mol. The maximum Gasteiger partial charge on any atom is 0.115 e. The second-order valence-corrected chi connectivity index (χ2v) is 4.32. The SMILES string of the molecule is C=CCCCCC[C@@H](O)/C=C/C#CC#C[C@@H](O)CC. The van der Waals surface area contributed by atoms with Crippen molar-refractivity contribution in [1.82, 2.24) is 0 Å². The minimum Gasteiger partial charge on any atom is -0.389 e. The topological polar surface area (TPSA) is 40.5 Å². The molecule has 0 aliphatic carbocycles. The van der Waals surface area contributed by atoms with Gasteiger partial charge in [0.1, 0.15) is 6.10 Å². The molecular weight excluding hydrogens is 236 g/mol. The summed E-state index contributed by atoms with van der Waals surface area (Å²) in [5.74, 6) is 10.5. The Morgan fingerprint density at radius 3 is 2.63 bits per heavy atom. The third-order valence-corrected chi connectivity index (χ3v) is 2.57. The lowest BCUT2D eigenvalue weighted by molar-refractivity contribution is 0.208. The van der Waals surface area contributed by atoms with Gasteiger partial charge < -0.3 is 10.2 Å². The molecule has 0 aliphatic heterocycles. The number of unbranched alkanes of at least 4 members (excludes halogenated alkanes) is 3. The smallest absolute Gasteiger partial charge is 0.115 e. The van der Waals surface area contributed by atoms with E-state index in [9.17, 15) is 5.11 Å². The van der Waals surface area contributed by atoms with Crippen LogP contribution >= 0.6 is 0 Å². The third kappa shape index (κ3) is 12.8. The molecule has 2 N–H and O–H groups in total. The lowest BCUT2D eigenvalue weighted by atomic mass is 10.1. The zero-order valence-electron chi connectivity index (χ0n) is 11.7. The largest absolute Gasteiger partial charge is 0.389 e. The molecule has 0 saturated carbocycles. The van der Waals surface area contributed by atoms with Gasteiger partial charge >= 0.3 is 0 Å². The molecule has 0 aromatic carbocycles. The van der Waals surface area contributed by atoms with E-state index in [-0.39, 0.29) is 0 Å². The van der Waals surface area contributed by atoms with E-state index in [1.165, 1.54) is 0 Å². The normalized spacial score (nSPS) is 13.0. The lowest BCUT2D eigenvalue weighted by Crippen LogP contribution is -2.01. The van der Waals surface area contributed by atoms with Crippen LogP contribution in [0.5, 0.6) is 0 Å². The van der Waals surface area contributed by atoms with E-state index in [1.54, 1.807) is 12.2 Å². The van der Waals surface area contributed by atoms with E-state index in [2.05, 4.69) is 30.3 Å². The fourth-order valence-corrected chi connectivity index (χ4v) is 1.37. The maximum absolute atomic E-state index is 9.64. The van der Waals surface area contributed by atoms with E-state index in [0.717, 1.165) is 32.1 Å². The third-order valence-electron chi connectivity index (χ3n) is 2.57. The number of rotatable bonds is 8. The molecule has 0 amide bonds. The average molecular weight is 260 g/mol. The van der Waals surface area contributed by atoms with Gasteiger partial charge in [-0.3, -0.25) is 0 Å². The minimum atomic E-state index is -0.598. The predicted octanol–water partition coefficient (Wildman–Crippen LogP) is 2.82. The highest BCUT2D eigenvalue weighted by atomic mass is 16.3. The Morgan fingerprint density at radius 1 is 1.16 bits per heavy atom. The Hall–Kier alpha value is -1.48. The number of aliphatic hydroxyl groups is 2. The first kappa shape index (κ1) is 17.5. The van der Waals surface area contributed by atoms with Crippen molar-refractivity contribution in [3.63, 3.8) is 0 Å². The van der Waals surface area contributed by atoms with E-state index >= 15 is 0 Å². The zero-order valence-corrected chi connectivity index (χ0v) is 11.7. The van der Waals surface area contributed by atoms with Crippen LogP contribution < -0.4 is 0 Å². The van der Waals surface area contributed by atoms with Gasteiger partial charge in [0.25, 0.3) is 0 Å². The van der Waals surface area contributed by atoms with Crippen molar-refractivity contribution in [1.29, 1.82) is 0 Å². The molecule has 0 bridgehead atoms. The first-order valence-electron chi connectivity index (χ1n) is 6.85. The summed E-state index contributed by atoms with van der Waals surface area (Å²) in [5.41, 5.74) is 0. The number of allylic oxidation sites excluding steroid dienone is 2. The zero-order chi connectivity index (χ0) is 14.3. The maximum atomic E-state index is 9.64. The summed E-state index contributed by atoms with van der Waals surface area (Å²) in [6, 6.07) is 0. The highest BCUT2D eigenvalue weighted by molar-refractivity contribution is 5.31. The van der Waals surface area contributed by atoms with Crippen molar-refractivity contribution in [2.24, 2.45) is 0 Å². The van der Waals surface area contributed by atoms with E-state index in [4.69, 9.17) is 5.11 Å². The molecule has 0 spiro atoms. The summed E-state index contributed by atoms with van der Waals surface area (Å²) >= 11 is 0. The molecule has 0 rings (SSSR count). The standard InChI is InChI=1S/C17H24O2/c1-3-5-6-7-11-14-17(19)15-12-9-8-10-13-16(18)4-2/h3,12,15-19H,1,4-7,11,14H2,2H3/b15-12+/t16-,17+/m0/s1.